The third-order valence-electron chi connectivity index (χ3n) is 3.21. The maximum atomic E-state index is 11.9. The molecule has 1 amide bonds. The molecule has 1 N–H and O–H groups in total. The molecule has 7 heteroatoms. The molecular formula is C17H20N2O4S. The zero-order valence-electron chi connectivity index (χ0n) is 13.9. The molecule has 0 bridgehead atoms. The number of thiazole rings is 1. The van der Waals surface area contributed by atoms with Crippen molar-refractivity contribution in [2.75, 3.05) is 12.4 Å². The molecule has 0 spiro atoms. The van der Waals surface area contributed by atoms with Crippen molar-refractivity contribution in [1.82, 2.24) is 4.98 Å². The van der Waals surface area contributed by atoms with Crippen LogP contribution in [0.5, 0.6) is 5.75 Å². The van der Waals surface area contributed by atoms with E-state index in [0.29, 0.717) is 16.6 Å². The summed E-state index contributed by atoms with van der Waals surface area (Å²) in [4.78, 5) is 27.8. The Morgan fingerprint density at radius 2 is 2.04 bits per heavy atom. The van der Waals surface area contributed by atoms with Crippen LogP contribution in [0.3, 0.4) is 0 Å². The molecule has 24 heavy (non-hydrogen) atoms. The van der Waals surface area contributed by atoms with Gasteiger partial charge < -0.3 is 14.8 Å². The summed E-state index contributed by atoms with van der Waals surface area (Å²) in [6.07, 6.45) is 0.0587. The first-order valence-corrected chi connectivity index (χ1v) is 8.40. The Labute approximate surface area is 144 Å². The molecular weight excluding hydrogens is 328 g/mol. The van der Waals surface area contributed by atoms with Crippen LogP contribution in [-0.2, 0) is 27.4 Å². The van der Waals surface area contributed by atoms with Crippen molar-refractivity contribution < 1.29 is 19.1 Å². The topological polar surface area (TPSA) is 77.5 Å². The number of amides is 1. The molecule has 0 saturated heterocycles. The standard InChI is InChI=1S/C17H20N2O4S/c1-11(2)16(21)19-17-18-13(10-24-17)8-15(20)23-9-12-6-4-5-7-14(12)22-3/h4-7,10-11H,8-9H2,1-3H3,(H,18,19,21). The Kier molecular flexibility index (Phi) is 6.31. The van der Waals surface area contributed by atoms with Crippen molar-refractivity contribution in [3.05, 3.63) is 40.9 Å². The van der Waals surface area contributed by atoms with Crippen LogP contribution in [0, 0.1) is 5.92 Å². The predicted octanol–water partition coefficient (Wildman–Crippen LogP) is 3.03. The molecule has 0 aliphatic carbocycles. The number of methoxy groups -OCH3 is 1. The molecule has 1 aromatic carbocycles. The largest absolute Gasteiger partial charge is 0.496 e. The zero-order chi connectivity index (χ0) is 17.5. The molecule has 2 aromatic rings. The lowest BCUT2D eigenvalue weighted by molar-refractivity contribution is -0.144. The van der Waals surface area contributed by atoms with Crippen LogP contribution in [0.2, 0.25) is 0 Å². The number of carbonyl (C=O) groups is 2. The van der Waals surface area contributed by atoms with Crippen LogP contribution in [0.4, 0.5) is 5.13 Å². The molecule has 0 saturated carbocycles. The number of nitrogens with zero attached hydrogens (tertiary/aromatic N) is 1. The summed E-state index contributed by atoms with van der Waals surface area (Å²) in [5.41, 5.74) is 1.38. The number of hydrogen-bond donors (Lipinski definition) is 1. The lowest BCUT2D eigenvalue weighted by Crippen LogP contribution is -2.17. The van der Waals surface area contributed by atoms with Gasteiger partial charge in [0, 0.05) is 16.9 Å². The minimum Gasteiger partial charge on any atom is -0.496 e. The fourth-order valence-corrected chi connectivity index (χ4v) is 2.59. The highest BCUT2D eigenvalue weighted by atomic mass is 32.1. The molecule has 0 radical (unpaired) electrons. The fourth-order valence-electron chi connectivity index (χ4n) is 1.87. The normalized spacial score (nSPS) is 10.5. The van der Waals surface area contributed by atoms with E-state index in [1.807, 2.05) is 24.3 Å². The number of hydrogen-bond acceptors (Lipinski definition) is 6. The van der Waals surface area contributed by atoms with E-state index in [2.05, 4.69) is 10.3 Å². The van der Waals surface area contributed by atoms with E-state index in [1.54, 1.807) is 26.3 Å². The molecule has 0 unspecified atom stereocenters. The summed E-state index contributed by atoms with van der Waals surface area (Å²) in [5, 5.41) is 4.93. The Balaban J connectivity index is 1.86. The maximum absolute atomic E-state index is 11.9. The third-order valence-corrected chi connectivity index (χ3v) is 4.02. The number of nitrogens with one attached hydrogen (secondary N) is 1. The van der Waals surface area contributed by atoms with Crippen LogP contribution in [0.1, 0.15) is 25.1 Å². The number of rotatable bonds is 7. The molecule has 6 nitrogen and oxygen atoms in total. The van der Waals surface area contributed by atoms with Crippen molar-refractivity contribution in [1.29, 1.82) is 0 Å². The highest BCUT2D eigenvalue weighted by Crippen LogP contribution is 2.19. The highest BCUT2D eigenvalue weighted by Gasteiger charge is 2.13. The average molecular weight is 348 g/mol. The first kappa shape index (κ1) is 17.9. The summed E-state index contributed by atoms with van der Waals surface area (Å²) < 4.78 is 10.5. The maximum Gasteiger partial charge on any atom is 0.312 e. The van der Waals surface area contributed by atoms with Crippen LogP contribution < -0.4 is 10.1 Å². The quantitative estimate of drug-likeness (QED) is 0.778. The number of carbonyl (C=O) groups excluding carboxylic acids is 2. The van der Waals surface area contributed by atoms with E-state index >= 15 is 0 Å². The van der Waals surface area contributed by atoms with E-state index in [0.717, 1.165) is 5.56 Å². The van der Waals surface area contributed by atoms with Gasteiger partial charge in [-0.25, -0.2) is 4.98 Å². The molecule has 0 atom stereocenters. The number of aromatic nitrogens is 1. The van der Waals surface area contributed by atoms with Gasteiger partial charge in [0.25, 0.3) is 0 Å². The van der Waals surface area contributed by atoms with Gasteiger partial charge in [-0.05, 0) is 6.07 Å². The minimum absolute atomic E-state index is 0.0587. The Morgan fingerprint density at radius 3 is 2.75 bits per heavy atom. The Hall–Kier alpha value is -2.41. The molecule has 1 aromatic heterocycles. The van der Waals surface area contributed by atoms with E-state index in [4.69, 9.17) is 9.47 Å². The van der Waals surface area contributed by atoms with Crippen molar-refractivity contribution in [2.45, 2.75) is 26.9 Å². The molecule has 0 fully saturated rings. The van der Waals surface area contributed by atoms with Crippen molar-refractivity contribution in [3.8, 4) is 5.75 Å². The van der Waals surface area contributed by atoms with Crippen molar-refractivity contribution in [3.63, 3.8) is 0 Å². The van der Waals surface area contributed by atoms with Gasteiger partial charge in [-0.1, -0.05) is 32.0 Å². The number of para-hydroxylation sites is 1. The number of esters is 1. The molecule has 0 aliphatic rings. The lowest BCUT2D eigenvalue weighted by atomic mass is 10.2. The lowest BCUT2D eigenvalue weighted by Gasteiger charge is -2.08. The van der Waals surface area contributed by atoms with E-state index < -0.39 is 0 Å². The minimum atomic E-state index is -0.382. The number of anilines is 1. The van der Waals surface area contributed by atoms with E-state index in [1.165, 1.54) is 11.3 Å². The molecule has 1 heterocycles. The predicted molar refractivity (Wildman–Crippen MR) is 92.1 cm³/mol. The SMILES string of the molecule is COc1ccccc1COC(=O)Cc1csc(NC(=O)C(C)C)n1. The highest BCUT2D eigenvalue weighted by molar-refractivity contribution is 7.13. The third kappa shape index (κ3) is 5.06. The summed E-state index contributed by atoms with van der Waals surface area (Å²) in [6, 6.07) is 7.37. The van der Waals surface area contributed by atoms with Crippen molar-refractivity contribution in [2.24, 2.45) is 5.92 Å². The van der Waals surface area contributed by atoms with Crippen LogP contribution >= 0.6 is 11.3 Å². The molecule has 0 aliphatic heterocycles. The first-order chi connectivity index (χ1) is 11.5. The van der Waals surface area contributed by atoms with Crippen LogP contribution in [0.25, 0.3) is 0 Å². The second-order valence-corrected chi connectivity index (χ2v) is 6.30. The monoisotopic (exact) mass is 348 g/mol. The van der Waals surface area contributed by atoms with Gasteiger partial charge >= 0.3 is 5.97 Å². The van der Waals surface area contributed by atoms with Gasteiger partial charge in [-0.2, -0.15) is 0 Å². The second-order valence-electron chi connectivity index (χ2n) is 5.44. The molecule has 2 rings (SSSR count). The smallest absolute Gasteiger partial charge is 0.312 e. The fraction of sp³-hybridized carbons (Fsp3) is 0.353. The second kappa shape index (κ2) is 8.44. The summed E-state index contributed by atoms with van der Waals surface area (Å²) in [7, 11) is 1.57. The van der Waals surface area contributed by atoms with E-state index in [-0.39, 0.29) is 30.8 Å². The summed E-state index contributed by atoms with van der Waals surface area (Å²) in [6.45, 7) is 3.75. The van der Waals surface area contributed by atoms with Gasteiger partial charge in [-0.3, -0.25) is 9.59 Å². The molecule has 128 valence electrons. The zero-order valence-corrected chi connectivity index (χ0v) is 14.7. The Bertz CT molecular complexity index is 712. The van der Waals surface area contributed by atoms with Gasteiger partial charge in [0.05, 0.1) is 19.2 Å². The van der Waals surface area contributed by atoms with Gasteiger partial charge in [0.2, 0.25) is 5.91 Å². The van der Waals surface area contributed by atoms with Crippen LogP contribution in [0.15, 0.2) is 29.6 Å². The van der Waals surface area contributed by atoms with Crippen LogP contribution in [-0.4, -0.2) is 24.0 Å². The number of ether oxygens (including phenoxy) is 2. The number of benzene rings is 1. The average Bonchev–Trinajstić information content (AvgIpc) is 2.99. The van der Waals surface area contributed by atoms with Gasteiger partial charge in [0.15, 0.2) is 5.13 Å². The van der Waals surface area contributed by atoms with Gasteiger partial charge in [0.1, 0.15) is 12.4 Å². The van der Waals surface area contributed by atoms with Crippen molar-refractivity contribution >= 4 is 28.3 Å². The first-order valence-electron chi connectivity index (χ1n) is 7.52. The Morgan fingerprint density at radius 1 is 1.29 bits per heavy atom. The summed E-state index contributed by atoms with van der Waals surface area (Å²) in [5.74, 6) is 0.0726. The van der Waals surface area contributed by atoms with E-state index in [9.17, 15) is 9.59 Å². The summed E-state index contributed by atoms with van der Waals surface area (Å²) >= 11 is 1.29. The van der Waals surface area contributed by atoms with Gasteiger partial charge in [-0.15, -0.1) is 11.3 Å².